The van der Waals surface area contributed by atoms with Crippen LogP contribution in [0.15, 0.2) is 36.5 Å². The van der Waals surface area contributed by atoms with Crippen LogP contribution in [0, 0.1) is 0 Å². The van der Waals surface area contributed by atoms with Crippen LogP contribution in [0.3, 0.4) is 0 Å². The Labute approximate surface area is 199 Å². The lowest BCUT2D eigenvalue weighted by atomic mass is 9.77. The highest BCUT2D eigenvalue weighted by Crippen LogP contribution is 2.57. The summed E-state index contributed by atoms with van der Waals surface area (Å²) in [7, 11) is 0. The number of nitrogens with zero attached hydrogens (tertiary/aromatic N) is 3. The highest BCUT2D eigenvalue weighted by molar-refractivity contribution is 5.95. The second kappa shape index (κ2) is 7.80. The van der Waals surface area contributed by atoms with Gasteiger partial charge in [-0.25, -0.2) is 4.98 Å². The Balaban J connectivity index is 1.47. The summed E-state index contributed by atoms with van der Waals surface area (Å²) in [5.74, 6) is 0.718. The smallest absolute Gasteiger partial charge is 0.254 e. The van der Waals surface area contributed by atoms with E-state index in [0.717, 1.165) is 66.0 Å². The van der Waals surface area contributed by atoms with Gasteiger partial charge in [-0.1, -0.05) is 0 Å². The van der Waals surface area contributed by atoms with Gasteiger partial charge < -0.3 is 31.4 Å². The fourth-order valence-electron chi connectivity index (χ4n) is 6.38. The summed E-state index contributed by atoms with van der Waals surface area (Å²) in [5, 5.41) is 1.05. The standard InChI is InChI=1S/C26H32N6O2/c1-2-32-21(13-15-5-3-8-30-24(15)32)26(29)19-7-10-34-20-12-16(11-18(22(19)20)23(26)28)25(33)31-9-4-6-17(27)14-31/h3,5,8,11-13,17,19,23H,2,4,6-7,9-10,14,27-29H2,1H3/t17-,19-,23-,26+/m1/s1. The number of carbonyl (C=O) groups is 1. The van der Waals surface area contributed by atoms with Crippen molar-refractivity contribution in [2.45, 2.75) is 56.3 Å². The molecule has 2 aromatic heterocycles. The minimum atomic E-state index is -0.827. The quantitative estimate of drug-likeness (QED) is 0.551. The van der Waals surface area contributed by atoms with Crippen LogP contribution in [0.1, 0.15) is 65.3 Å². The van der Waals surface area contributed by atoms with E-state index >= 15 is 0 Å². The lowest BCUT2D eigenvalue weighted by Gasteiger charge is -2.38. The fraction of sp³-hybridized carbons (Fsp3) is 0.462. The van der Waals surface area contributed by atoms with E-state index in [9.17, 15) is 4.79 Å². The third-order valence-electron chi connectivity index (χ3n) is 8.02. The number of likely N-dealkylation sites (tertiary alicyclic amines) is 1. The van der Waals surface area contributed by atoms with E-state index in [1.807, 2.05) is 29.3 Å². The number of fused-ring (bicyclic) bond motifs is 1. The Bertz CT molecular complexity index is 1290. The number of pyridine rings is 1. The Hall–Kier alpha value is -2.94. The molecule has 2 aliphatic heterocycles. The summed E-state index contributed by atoms with van der Waals surface area (Å²) in [6, 6.07) is 9.50. The molecule has 0 saturated carbocycles. The van der Waals surface area contributed by atoms with Crippen molar-refractivity contribution >= 4 is 16.9 Å². The Morgan fingerprint density at radius 1 is 1.26 bits per heavy atom. The van der Waals surface area contributed by atoms with E-state index in [1.165, 1.54) is 0 Å². The number of aromatic nitrogens is 2. The van der Waals surface area contributed by atoms with Crippen LogP contribution in [0.5, 0.6) is 5.75 Å². The molecule has 3 aromatic rings. The van der Waals surface area contributed by atoms with E-state index in [4.69, 9.17) is 21.9 Å². The van der Waals surface area contributed by atoms with Crippen molar-refractivity contribution in [1.82, 2.24) is 14.5 Å². The molecule has 3 aliphatic rings. The number of hydrogen-bond donors (Lipinski definition) is 3. The largest absolute Gasteiger partial charge is 0.493 e. The molecule has 6 rings (SSSR count). The monoisotopic (exact) mass is 460 g/mol. The summed E-state index contributed by atoms with van der Waals surface area (Å²) in [4.78, 5) is 19.9. The SMILES string of the molecule is CCn1c([C@]2(N)[C@H](N)c3cc(C(=O)N4CCC[C@@H](N)C4)cc4c3[C@H]2CCO4)cc2cccnc21. The first-order chi connectivity index (χ1) is 16.4. The molecule has 1 fully saturated rings. The number of hydrogen-bond acceptors (Lipinski definition) is 6. The normalized spacial score (nSPS) is 28.1. The molecule has 0 bridgehead atoms. The van der Waals surface area contributed by atoms with Crippen molar-refractivity contribution in [3.8, 4) is 5.75 Å². The summed E-state index contributed by atoms with van der Waals surface area (Å²) < 4.78 is 8.26. The van der Waals surface area contributed by atoms with Gasteiger partial charge in [-0.3, -0.25) is 4.79 Å². The molecular formula is C26H32N6O2. The maximum Gasteiger partial charge on any atom is 0.254 e. The van der Waals surface area contributed by atoms with Crippen molar-refractivity contribution in [3.05, 3.63) is 58.9 Å². The first-order valence-corrected chi connectivity index (χ1v) is 12.3. The molecule has 0 radical (unpaired) electrons. The maximum atomic E-state index is 13.4. The van der Waals surface area contributed by atoms with Crippen LogP contribution in [0.2, 0.25) is 0 Å². The molecule has 0 spiro atoms. The van der Waals surface area contributed by atoms with Gasteiger partial charge in [-0.05, 0) is 62.1 Å². The first-order valence-electron chi connectivity index (χ1n) is 12.3. The van der Waals surface area contributed by atoms with Crippen molar-refractivity contribution in [2.24, 2.45) is 17.2 Å². The molecule has 4 heterocycles. The fourth-order valence-corrected chi connectivity index (χ4v) is 6.38. The predicted molar refractivity (Wildman–Crippen MR) is 131 cm³/mol. The zero-order valence-electron chi connectivity index (χ0n) is 19.5. The Morgan fingerprint density at radius 3 is 2.91 bits per heavy atom. The third kappa shape index (κ3) is 2.95. The van der Waals surface area contributed by atoms with Gasteiger partial charge in [0, 0.05) is 60.0 Å². The topological polar surface area (TPSA) is 125 Å². The van der Waals surface area contributed by atoms with E-state index in [-0.39, 0.29) is 17.9 Å². The molecule has 1 saturated heterocycles. The number of benzene rings is 1. The van der Waals surface area contributed by atoms with Gasteiger partial charge in [0.1, 0.15) is 11.4 Å². The average Bonchev–Trinajstić information content (AvgIpc) is 3.34. The summed E-state index contributed by atoms with van der Waals surface area (Å²) in [6.45, 7) is 4.68. The molecule has 1 amide bonds. The van der Waals surface area contributed by atoms with E-state index in [2.05, 4.69) is 28.6 Å². The minimum absolute atomic E-state index is 0.00317. The van der Waals surface area contributed by atoms with E-state index in [0.29, 0.717) is 18.7 Å². The lowest BCUT2D eigenvalue weighted by Crippen LogP contribution is -2.49. The van der Waals surface area contributed by atoms with Crippen molar-refractivity contribution < 1.29 is 9.53 Å². The minimum Gasteiger partial charge on any atom is -0.493 e. The highest BCUT2D eigenvalue weighted by atomic mass is 16.5. The summed E-state index contributed by atoms with van der Waals surface area (Å²) in [5.41, 5.74) is 24.1. The molecule has 34 heavy (non-hydrogen) atoms. The van der Waals surface area contributed by atoms with Crippen molar-refractivity contribution in [2.75, 3.05) is 19.7 Å². The number of nitrogens with two attached hydrogens (primary N) is 3. The third-order valence-corrected chi connectivity index (χ3v) is 8.02. The van der Waals surface area contributed by atoms with Gasteiger partial charge in [-0.15, -0.1) is 0 Å². The van der Waals surface area contributed by atoms with Crippen molar-refractivity contribution in [3.63, 3.8) is 0 Å². The molecule has 8 nitrogen and oxygen atoms in total. The number of carbonyl (C=O) groups excluding carboxylic acids is 1. The van der Waals surface area contributed by atoms with Gasteiger partial charge in [0.25, 0.3) is 5.91 Å². The number of ether oxygens (including phenoxy) is 1. The maximum absolute atomic E-state index is 13.4. The Kier molecular flexibility index (Phi) is 4.95. The summed E-state index contributed by atoms with van der Waals surface area (Å²) >= 11 is 0. The van der Waals surface area contributed by atoms with E-state index in [1.54, 1.807) is 0 Å². The average molecular weight is 461 g/mol. The van der Waals surface area contributed by atoms with Crippen LogP contribution < -0.4 is 21.9 Å². The van der Waals surface area contributed by atoms with Gasteiger partial charge in [-0.2, -0.15) is 0 Å². The van der Waals surface area contributed by atoms with Crippen LogP contribution in [-0.4, -0.2) is 46.1 Å². The molecule has 1 aliphatic carbocycles. The summed E-state index contributed by atoms with van der Waals surface area (Å²) in [6.07, 6.45) is 4.45. The van der Waals surface area contributed by atoms with Gasteiger partial charge >= 0.3 is 0 Å². The first kappa shape index (κ1) is 21.6. The zero-order chi connectivity index (χ0) is 23.6. The molecule has 8 heteroatoms. The number of piperidine rings is 1. The second-order valence-electron chi connectivity index (χ2n) is 9.92. The number of amides is 1. The molecule has 6 N–H and O–H groups in total. The van der Waals surface area contributed by atoms with E-state index < -0.39 is 11.6 Å². The zero-order valence-corrected chi connectivity index (χ0v) is 19.5. The molecule has 0 unspecified atom stereocenters. The van der Waals surface area contributed by atoms with Crippen molar-refractivity contribution in [1.29, 1.82) is 0 Å². The van der Waals surface area contributed by atoms with Gasteiger partial charge in [0.05, 0.1) is 18.2 Å². The van der Waals surface area contributed by atoms with Crippen LogP contribution in [-0.2, 0) is 12.1 Å². The molecule has 1 aromatic carbocycles. The predicted octanol–water partition coefficient (Wildman–Crippen LogP) is 2.35. The Morgan fingerprint density at radius 2 is 2.12 bits per heavy atom. The molecule has 4 atom stereocenters. The van der Waals surface area contributed by atoms with Crippen LogP contribution in [0.25, 0.3) is 11.0 Å². The number of aryl methyl sites for hydroxylation is 1. The molecular weight excluding hydrogens is 428 g/mol. The van der Waals surface area contributed by atoms with Gasteiger partial charge in [0.2, 0.25) is 0 Å². The van der Waals surface area contributed by atoms with Crippen LogP contribution >= 0.6 is 0 Å². The lowest BCUT2D eigenvalue weighted by molar-refractivity contribution is 0.0708. The number of rotatable bonds is 3. The van der Waals surface area contributed by atoms with Crippen LogP contribution in [0.4, 0.5) is 0 Å². The molecule has 178 valence electrons. The van der Waals surface area contributed by atoms with Gasteiger partial charge in [0.15, 0.2) is 0 Å². The highest BCUT2D eigenvalue weighted by Gasteiger charge is 2.54. The second-order valence-corrected chi connectivity index (χ2v) is 9.92.